The van der Waals surface area contributed by atoms with Crippen molar-refractivity contribution in [2.75, 3.05) is 19.8 Å². The van der Waals surface area contributed by atoms with E-state index < -0.39 is 0 Å². The summed E-state index contributed by atoms with van der Waals surface area (Å²) in [4.78, 5) is 13.6. The van der Waals surface area contributed by atoms with Gasteiger partial charge in [0.1, 0.15) is 5.75 Å². The van der Waals surface area contributed by atoms with E-state index in [1.54, 1.807) is 23.1 Å². The zero-order valence-corrected chi connectivity index (χ0v) is 11.8. The Labute approximate surface area is 121 Å². The molecule has 1 aromatic carbocycles. The lowest BCUT2D eigenvalue weighted by Gasteiger charge is -2.23. The third-order valence-electron chi connectivity index (χ3n) is 3.15. The van der Waals surface area contributed by atoms with Gasteiger partial charge in [0.15, 0.2) is 6.61 Å². The molecule has 1 atom stereocenters. The number of halogens is 2. The highest BCUT2D eigenvalue weighted by Crippen LogP contribution is 2.27. The first-order valence-corrected chi connectivity index (χ1v) is 6.85. The van der Waals surface area contributed by atoms with E-state index in [1.165, 1.54) is 0 Å². The molecule has 104 valence electrons. The Hall–Kier alpha value is -0.970. The molecule has 1 saturated heterocycles. The zero-order chi connectivity index (χ0) is 13.8. The van der Waals surface area contributed by atoms with E-state index in [4.69, 9.17) is 27.9 Å². The van der Waals surface area contributed by atoms with Gasteiger partial charge in [-0.2, -0.15) is 0 Å². The van der Waals surface area contributed by atoms with Crippen LogP contribution in [-0.2, 0) is 4.79 Å². The van der Waals surface area contributed by atoms with Crippen LogP contribution < -0.4 is 4.74 Å². The molecule has 0 aliphatic carbocycles. The number of rotatable bonds is 4. The predicted molar refractivity (Wildman–Crippen MR) is 73.8 cm³/mol. The molecule has 19 heavy (non-hydrogen) atoms. The number of aliphatic hydroxyl groups excluding tert-OH is 1. The summed E-state index contributed by atoms with van der Waals surface area (Å²) in [6.45, 7) is 0.576. The smallest absolute Gasteiger partial charge is 0.260 e. The topological polar surface area (TPSA) is 49.8 Å². The Kier molecular flexibility index (Phi) is 4.91. The van der Waals surface area contributed by atoms with E-state index in [9.17, 15) is 9.90 Å². The van der Waals surface area contributed by atoms with Crippen molar-refractivity contribution in [3.63, 3.8) is 0 Å². The normalized spacial score (nSPS) is 18.7. The lowest BCUT2D eigenvalue weighted by Crippen LogP contribution is -2.40. The molecule has 0 spiro atoms. The van der Waals surface area contributed by atoms with E-state index >= 15 is 0 Å². The number of nitrogens with zero attached hydrogens (tertiary/aromatic N) is 1. The molecule has 1 aromatic rings. The number of amides is 1. The average molecular weight is 304 g/mol. The quantitative estimate of drug-likeness (QED) is 0.929. The molecule has 1 N–H and O–H groups in total. The lowest BCUT2D eigenvalue weighted by molar-refractivity contribution is -0.134. The standard InChI is InChI=1S/C13H15Cl2NO3/c14-9-3-4-12(11(15)6-9)19-8-13(18)16-5-1-2-10(16)7-17/h3-4,6,10,17H,1-2,5,7-8H2/t10-/m0/s1. The third-order valence-corrected chi connectivity index (χ3v) is 3.68. The van der Waals surface area contributed by atoms with Crippen molar-refractivity contribution in [1.82, 2.24) is 4.90 Å². The largest absolute Gasteiger partial charge is 0.482 e. The molecular formula is C13H15Cl2NO3. The Balaban J connectivity index is 1.93. The van der Waals surface area contributed by atoms with Crippen LogP contribution >= 0.6 is 23.2 Å². The molecule has 1 heterocycles. The first kappa shape index (κ1) is 14.4. The van der Waals surface area contributed by atoms with Gasteiger partial charge in [-0.1, -0.05) is 23.2 Å². The number of hydrogen-bond acceptors (Lipinski definition) is 3. The maximum absolute atomic E-state index is 12.0. The van der Waals surface area contributed by atoms with Gasteiger partial charge in [0.05, 0.1) is 17.7 Å². The second-order valence-electron chi connectivity index (χ2n) is 4.43. The molecule has 0 radical (unpaired) electrons. The van der Waals surface area contributed by atoms with Gasteiger partial charge in [-0.25, -0.2) is 0 Å². The molecule has 0 aromatic heterocycles. The summed E-state index contributed by atoms with van der Waals surface area (Å²) in [5.74, 6) is 0.293. The summed E-state index contributed by atoms with van der Waals surface area (Å²) in [7, 11) is 0. The number of carbonyl (C=O) groups excluding carboxylic acids is 1. The predicted octanol–water partition coefficient (Wildman–Crippen LogP) is 2.36. The Bertz CT molecular complexity index is 467. The van der Waals surface area contributed by atoms with E-state index in [0.29, 0.717) is 22.3 Å². The van der Waals surface area contributed by atoms with Crippen molar-refractivity contribution < 1.29 is 14.6 Å². The fourth-order valence-corrected chi connectivity index (χ4v) is 2.63. The minimum atomic E-state index is -0.137. The maximum atomic E-state index is 12.0. The van der Waals surface area contributed by atoms with Gasteiger partial charge >= 0.3 is 0 Å². The minimum Gasteiger partial charge on any atom is -0.482 e. The number of hydrogen-bond donors (Lipinski definition) is 1. The van der Waals surface area contributed by atoms with E-state index in [0.717, 1.165) is 12.8 Å². The second-order valence-corrected chi connectivity index (χ2v) is 5.27. The molecule has 4 nitrogen and oxygen atoms in total. The molecule has 6 heteroatoms. The van der Waals surface area contributed by atoms with Gasteiger partial charge < -0.3 is 14.7 Å². The van der Waals surface area contributed by atoms with Crippen LogP contribution in [-0.4, -0.2) is 41.7 Å². The lowest BCUT2D eigenvalue weighted by atomic mass is 10.2. The van der Waals surface area contributed by atoms with Crippen LogP contribution in [0.1, 0.15) is 12.8 Å². The summed E-state index contributed by atoms with van der Waals surface area (Å²) >= 11 is 11.7. The number of likely N-dealkylation sites (tertiary alicyclic amines) is 1. The van der Waals surface area contributed by atoms with Crippen LogP contribution in [0.3, 0.4) is 0 Å². The van der Waals surface area contributed by atoms with E-state index in [2.05, 4.69) is 0 Å². The third kappa shape index (κ3) is 3.53. The highest BCUT2D eigenvalue weighted by molar-refractivity contribution is 6.35. The summed E-state index contributed by atoms with van der Waals surface area (Å²) in [6, 6.07) is 4.76. The summed E-state index contributed by atoms with van der Waals surface area (Å²) < 4.78 is 5.40. The van der Waals surface area contributed by atoms with Crippen molar-refractivity contribution in [2.24, 2.45) is 0 Å². The zero-order valence-electron chi connectivity index (χ0n) is 10.3. The monoisotopic (exact) mass is 303 g/mol. The minimum absolute atomic E-state index is 0.00651. The molecule has 0 bridgehead atoms. The van der Waals surface area contributed by atoms with Gasteiger partial charge in [-0.3, -0.25) is 4.79 Å². The summed E-state index contributed by atoms with van der Waals surface area (Å²) in [5.41, 5.74) is 0. The number of aliphatic hydroxyl groups is 1. The maximum Gasteiger partial charge on any atom is 0.260 e. The Morgan fingerprint density at radius 1 is 1.47 bits per heavy atom. The molecule has 1 amide bonds. The first-order chi connectivity index (χ1) is 9.11. The van der Waals surface area contributed by atoms with Crippen LogP contribution in [0.4, 0.5) is 0 Å². The van der Waals surface area contributed by atoms with Crippen LogP contribution in [0.2, 0.25) is 10.0 Å². The van der Waals surface area contributed by atoms with Crippen LogP contribution in [0, 0.1) is 0 Å². The SMILES string of the molecule is O=C(COc1ccc(Cl)cc1Cl)N1CCC[C@H]1CO. The van der Waals surface area contributed by atoms with Crippen molar-refractivity contribution >= 4 is 29.1 Å². The van der Waals surface area contributed by atoms with Gasteiger partial charge in [-0.05, 0) is 31.0 Å². The molecule has 1 fully saturated rings. The average Bonchev–Trinajstić information content (AvgIpc) is 2.85. The molecule has 0 unspecified atom stereocenters. The van der Waals surface area contributed by atoms with E-state index in [-0.39, 0.29) is 25.2 Å². The van der Waals surface area contributed by atoms with Crippen molar-refractivity contribution in [2.45, 2.75) is 18.9 Å². The van der Waals surface area contributed by atoms with Crippen molar-refractivity contribution in [1.29, 1.82) is 0 Å². The summed E-state index contributed by atoms with van der Waals surface area (Å²) in [6.07, 6.45) is 1.75. The second kappa shape index (κ2) is 6.46. The van der Waals surface area contributed by atoms with E-state index in [1.807, 2.05) is 0 Å². The molecule has 0 saturated carbocycles. The Morgan fingerprint density at radius 3 is 2.95 bits per heavy atom. The van der Waals surface area contributed by atoms with Gasteiger partial charge in [0, 0.05) is 11.6 Å². The molecule has 2 rings (SSSR count). The highest BCUT2D eigenvalue weighted by Gasteiger charge is 2.28. The van der Waals surface area contributed by atoms with Gasteiger partial charge in [0.25, 0.3) is 5.91 Å². The molecule has 1 aliphatic heterocycles. The highest BCUT2D eigenvalue weighted by atomic mass is 35.5. The Morgan fingerprint density at radius 2 is 2.26 bits per heavy atom. The van der Waals surface area contributed by atoms with Gasteiger partial charge in [-0.15, -0.1) is 0 Å². The van der Waals surface area contributed by atoms with Gasteiger partial charge in [0.2, 0.25) is 0 Å². The van der Waals surface area contributed by atoms with Crippen LogP contribution in [0.15, 0.2) is 18.2 Å². The van der Waals surface area contributed by atoms with Crippen molar-refractivity contribution in [3.8, 4) is 5.75 Å². The summed E-state index contributed by atoms with van der Waals surface area (Å²) in [5, 5.41) is 10.1. The molecule has 1 aliphatic rings. The fraction of sp³-hybridized carbons (Fsp3) is 0.462. The van der Waals surface area contributed by atoms with Crippen LogP contribution in [0.5, 0.6) is 5.75 Å². The number of benzene rings is 1. The first-order valence-electron chi connectivity index (χ1n) is 6.10. The number of carbonyl (C=O) groups is 1. The fourth-order valence-electron chi connectivity index (χ4n) is 2.17. The van der Waals surface area contributed by atoms with Crippen LogP contribution in [0.25, 0.3) is 0 Å². The molecular weight excluding hydrogens is 289 g/mol. The number of ether oxygens (including phenoxy) is 1. The van der Waals surface area contributed by atoms with Crippen molar-refractivity contribution in [3.05, 3.63) is 28.2 Å².